The number of carbonyl (C=O) groups is 1. The Kier molecular flexibility index (Phi) is 10.6. The first-order valence-corrected chi connectivity index (χ1v) is 15.8. The lowest BCUT2D eigenvalue weighted by molar-refractivity contribution is -0.166. The van der Waals surface area contributed by atoms with Gasteiger partial charge in [-0.1, -0.05) is 61.8 Å². The van der Waals surface area contributed by atoms with Gasteiger partial charge in [-0.15, -0.1) is 0 Å². The number of piperidine rings is 1. The van der Waals surface area contributed by atoms with Crippen molar-refractivity contribution in [2.75, 3.05) is 24.6 Å². The zero-order valence-electron chi connectivity index (χ0n) is 27.1. The minimum Gasteiger partial charge on any atom is -0.464 e. The highest BCUT2D eigenvalue weighted by molar-refractivity contribution is 6.30. The van der Waals surface area contributed by atoms with Gasteiger partial charge in [0.2, 0.25) is 0 Å². The summed E-state index contributed by atoms with van der Waals surface area (Å²) in [5.74, 6) is -0.377. The Balaban J connectivity index is 1.74. The molecule has 0 amide bonds. The number of halogens is 1. The molecule has 1 fully saturated rings. The Hall–Kier alpha value is -2.93. The van der Waals surface area contributed by atoms with Gasteiger partial charge in [0.25, 0.3) is 0 Å². The second kappa shape index (κ2) is 13.8. The molecule has 7 heteroatoms. The van der Waals surface area contributed by atoms with E-state index in [0.29, 0.717) is 0 Å². The molecule has 0 spiro atoms. The highest BCUT2D eigenvalue weighted by atomic mass is 35.5. The molecule has 0 aliphatic carbocycles. The molecular weight excluding hydrogens is 558 g/mol. The second-order valence-corrected chi connectivity index (χ2v) is 13.8. The van der Waals surface area contributed by atoms with Gasteiger partial charge in [0.15, 0.2) is 6.10 Å². The van der Waals surface area contributed by atoms with Crippen LogP contribution in [0.1, 0.15) is 88.6 Å². The maximum absolute atomic E-state index is 13.5. The number of aromatic nitrogens is 1. The van der Waals surface area contributed by atoms with E-state index in [1.807, 2.05) is 58.9 Å². The number of carbonyl (C=O) groups excluding carboxylic acids is 1. The third kappa shape index (κ3) is 8.59. The fourth-order valence-corrected chi connectivity index (χ4v) is 5.83. The van der Waals surface area contributed by atoms with E-state index in [-0.39, 0.29) is 18.0 Å². The first kappa shape index (κ1) is 33.0. The standard InChI is InChI=1S/C36H48ClN3O3/c1-9-42-34(41)33(43-35(4,5)6)31-25(3)39-24(2)30(32(31)40-20-18-36(7,8)19-21-40)28-14-10-26(11-15-28)22-38-23-27-12-16-29(37)17-13-27/h10-17,33,38H,9,18-23H2,1-8H3/t33-/m0/s1. The van der Waals surface area contributed by atoms with Crippen LogP contribution in [-0.2, 0) is 27.4 Å². The van der Waals surface area contributed by atoms with Crippen molar-refractivity contribution in [2.45, 2.75) is 93.0 Å². The summed E-state index contributed by atoms with van der Waals surface area (Å²) in [7, 11) is 0. The van der Waals surface area contributed by atoms with Crippen LogP contribution in [0.4, 0.5) is 5.69 Å². The van der Waals surface area contributed by atoms with Gasteiger partial charge < -0.3 is 19.7 Å². The Morgan fingerprint density at radius 3 is 2.07 bits per heavy atom. The fourth-order valence-electron chi connectivity index (χ4n) is 5.71. The van der Waals surface area contributed by atoms with Gasteiger partial charge in [-0.2, -0.15) is 0 Å². The van der Waals surface area contributed by atoms with Crippen LogP contribution in [0, 0.1) is 19.3 Å². The number of nitrogens with zero attached hydrogens (tertiary/aromatic N) is 2. The number of benzene rings is 2. The van der Waals surface area contributed by atoms with E-state index in [0.717, 1.165) is 77.8 Å². The zero-order chi connectivity index (χ0) is 31.4. The lowest BCUT2D eigenvalue weighted by Crippen LogP contribution is -2.39. The number of anilines is 1. The van der Waals surface area contributed by atoms with Gasteiger partial charge in [0, 0.05) is 53.7 Å². The van der Waals surface area contributed by atoms with Crippen LogP contribution in [0.5, 0.6) is 0 Å². The minimum atomic E-state index is -0.881. The van der Waals surface area contributed by atoms with Crippen molar-refractivity contribution < 1.29 is 14.3 Å². The summed E-state index contributed by atoms with van der Waals surface area (Å²) >= 11 is 6.03. The molecule has 0 bridgehead atoms. The van der Waals surface area contributed by atoms with Crippen LogP contribution < -0.4 is 10.2 Å². The van der Waals surface area contributed by atoms with Crippen LogP contribution in [0.25, 0.3) is 11.1 Å². The summed E-state index contributed by atoms with van der Waals surface area (Å²) in [6.07, 6.45) is 1.25. The monoisotopic (exact) mass is 605 g/mol. The number of esters is 1. The van der Waals surface area contributed by atoms with Crippen molar-refractivity contribution in [1.82, 2.24) is 10.3 Å². The molecule has 2 aromatic carbocycles. The largest absolute Gasteiger partial charge is 0.464 e. The van der Waals surface area contributed by atoms with Crippen LogP contribution in [-0.4, -0.2) is 36.3 Å². The van der Waals surface area contributed by atoms with Gasteiger partial charge in [-0.05, 0) is 88.6 Å². The zero-order valence-corrected chi connectivity index (χ0v) is 27.9. The SMILES string of the molecule is CCOC(=O)[C@@H](OC(C)(C)C)c1c(C)nc(C)c(-c2ccc(CNCc3ccc(Cl)cc3)cc2)c1N1CCC(C)(C)CC1. The molecule has 232 valence electrons. The van der Waals surface area contributed by atoms with Crippen molar-refractivity contribution in [3.8, 4) is 11.1 Å². The van der Waals surface area contributed by atoms with E-state index in [2.05, 4.69) is 55.3 Å². The molecule has 1 saturated heterocycles. The first-order valence-electron chi connectivity index (χ1n) is 15.4. The van der Waals surface area contributed by atoms with Gasteiger partial charge in [0.1, 0.15) is 0 Å². The molecule has 6 nitrogen and oxygen atoms in total. The number of pyridine rings is 1. The number of ether oxygens (including phenoxy) is 2. The van der Waals surface area contributed by atoms with Gasteiger partial charge in [-0.3, -0.25) is 4.98 Å². The van der Waals surface area contributed by atoms with Crippen molar-refractivity contribution in [2.24, 2.45) is 5.41 Å². The highest BCUT2D eigenvalue weighted by Gasteiger charge is 2.37. The average molecular weight is 606 g/mol. The Labute approximate surface area is 263 Å². The summed E-state index contributed by atoms with van der Waals surface area (Å²) in [4.78, 5) is 20.9. The van der Waals surface area contributed by atoms with E-state index < -0.39 is 11.7 Å². The predicted octanol–water partition coefficient (Wildman–Crippen LogP) is 8.35. The van der Waals surface area contributed by atoms with Gasteiger partial charge in [0.05, 0.1) is 17.9 Å². The molecule has 1 aliphatic rings. The molecule has 1 N–H and O–H groups in total. The third-order valence-electron chi connectivity index (χ3n) is 8.06. The molecular formula is C36H48ClN3O3. The number of nitrogens with one attached hydrogen (secondary N) is 1. The first-order chi connectivity index (χ1) is 20.3. The smallest absolute Gasteiger partial charge is 0.340 e. The highest BCUT2D eigenvalue weighted by Crippen LogP contribution is 2.45. The van der Waals surface area contributed by atoms with E-state index in [4.69, 9.17) is 26.1 Å². The quantitative estimate of drug-likeness (QED) is 0.234. The number of rotatable bonds is 10. The average Bonchev–Trinajstić information content (AvgIpc) is 2.93. The van der Waals surface area contributed by atoms with Crippen LogP contribution in [0.3, 0.4) is 0 Å². The summed E-state index contributed by atoms with van der Waals surface area (Å²) in [6, 6.07) is 16.6. The molecule has 43 heavy (non-hydrogen) atoms. The topological polar surface area (TPSA) is 63.7 Å². The summed E-state index contributed by atoms with van der Waals surface area (Å²) in [5, 5.41) is 4.27. The van der Waals surface area contributed by atoms with Crippen molar-refractivity contribution in [3.63, 3.8) is 0 Å². The molecule has 0 saturated carbocycles. The molecule has 1 atom stereocenters. The van der Waals surface area contributed by atoms with Gasteiger partial charge in [-0.25, -0.2) is 4.79 Å². The van der Waals surface area contributed by atoms with E-state index in [1.165, 1.54) is 11.1 Å². The number of hydrogen-bond acceptors (Lipinski definition) is 6. The molecule has 3 aromatic rings. The minimum absolute atomic E-state index is 0.275. The molecule has 1 aliphatic heterocycles. The summed E-state index contributed by atoms with van der Waals surface area (Å²) in [6.45, 7) is 20.1. The number of hydrogen-bond donors (Lipinski definition) is 1. The third-order valence-corrected chi connectivity index (χ3v) is 8.31. The van der Waals surface area contributed by atoms with Crippen molar-refractivity contribution in [3.05, 3.63) is 81.6 Å². The normalized spacial score (nSPS) is 15.8. The molecule has 4 rings (SSSR count). The fraction of sp³-hybridized carbons (Fsp3) is 0.500. The number of aryl methyl sites for hydroxylation is 2. The lowest BCUT2D eigenvalue weighted by Gasteiger charge is -2.41. The Morgan fingerprint density at radius 2 is 1.53 bits per heavy atom. The molecule has 0 unspecified atom stereocenters. The van der Waals surface area contributed by atoms with E-state index >= 15 is 0 Å². The summed E-state index contributed by atoms with van der Waals surface area (Å²) < 4.78 is 12.0. The second-order valence-electron chi connectivity index (χ2n) is 13.4. The van der Waals surface area contributed by atoms with Crippen LogP contribution in [0.15, 0.2) is 48.5 Å². The van der Waals surface area contributed by atoms with Crippen LogP contribution in [0.2, 0.25) is 5.02 Å². The van der Waals surface area contributed by atoms with Crippen LogP contribution >= 0.6 is 11.6 Å². The predicted molar refractivity (Wildman–Crippen MR) is 177 cm³/mol. The lowest BCUT2D eigenvalue weighted by atomic mass is 9.81. The maximum Gasteiger partial charge on any atom is 0.340 e. The van der Waals surface area contributed by atoms with E-state index in [1.54, 1.807) is 0 Å². The molecule has 2 heterocycles. The van der Waals surface area contributed by atoms with E-state index in [9.17, 15) is 4.79 Å². The maximum atomic E-state index is 13.5. The van der Waals surface area contributed by atoms with Crippen molar-refractivity contribution >= 4 is 23.3 Å². The molecule has 0 radical (unpaired) electrons. The Bertz CT molecular complexity index is 1390. The summed E-state index contributed by atoms with van der Waals surface area (Å²) in [5.41, 5.74) is 7.81. The van der Waals surface area contributed by atoms with Gasteiger partial charge >= 0.3 is 5.97 Å². The Morgan fingerprint density at radius 1 is 0.977 bits per heavy atom. The molecule has 1 aromatic heterocycles. The van der Waals surface area contributed by atoms with Crippen molar-refractivity contribution in [1.29, 1.82) is 0 Å².